The first-order valence-corrected chi connectivity index (χ1v) is 12.0. The van der Waals surface area contributed by atoms with E-state index < -0.39 is 112 Å². The Kier molecular flexibility index (Phi) is 444. The predicted octanol–water partition coefficient (Wildman–Crippen LogP) is -9.07. The first-order chi connectivity index (χ1) is 38.1. The molecule has 0 bridgehead atoms. The van der Waals surface area contributed by atoms with E-state index in [0.717, 1.165) is 0 Å². The molecule has 0 aliphatic rings. The van der Waals surface area contributed by atoms with Crippen molar-refractivity contribution in [3.63, 3.8) is 0 Å². The topological polar surface area (TPSA) is 1460 Å². The van der Waals surface area contributed by atoms with Crippen LogP contribution in [0.3, 0.4) is 0 Å². The maximum absolute atomic E-state index is 8.25. The Bertz CT molecular complexity index is 1210. The van der Waals surface area contributed by atoms with E-state index in [-0.39, 0.29) is 262 Å². The van der Waals surface area contributed by atoms with Crippen LogP contribution in [0.1, 0.15) is 0 Å². The van der Waals surface area contributed by atoms with Gasteiger partial charge in [-0.15, -0.1) is 0 Å². The van der Waals surface area contributed by atoms with Gasteiger partial charge in [-0.3, -0.25) is 0 Å². The van der Waals surface area contributed by atoms with Crippen molar-refractivity contribution in [2.24, 2.45) is 0 Å². The van der Waals surface area contributed by atoms with E-state index in [1.165, 1.54) is 0 Å². The standard InChI is InChI=1S/10Bi.22NO3/c;;;;;;;;;;22*2-1(3)4/q10*+3;22*-1. The molecule has 0 saturated carbocycles. The average molecular weight is 3450 g/mol. The fraction of sp³-hybridized carbons (Fsp3) is 0. The number of hydrogen-bond donors (Lipinski definition) is 0. The summed E-state index contributed by atoms with van der Waals surface area (Å²) in [7, 11) is 0. The Morgan fingerprint density at radius 3 is 0.0714 bits per heavy atom. The van der Waals surface area contributed by atoms with Gasteiger partial charge in [0.1, 0.15) is 0 Å². The molecule has 0 aromatic heterocycles. The van der Waals surface area contributed by atoms with E-state index in [0.29, 0.717) is 0 Å². The van der Waals surface area contributed by atoms with Crippen LogP contribution in [-0.4, -0.2) is 374 Å². The largest absolute Gasteiger partial charge is 3.00 e. The third-order valence-electron chi connectivity index (χ3n) is 0. The first kappa shape index (κ1) is 212. The number of hydrogen-bond acceptors (Lipinski definition) is 66. The summed E-state index contributed by atoms with van der Waals surface area (Å²) in [4.78, 5) is 182. The van der Waals surface area contributed by atoms with E-state index in [1.807, 2.05) is 0 Å². The fourth-order valence-electron chi connectivity index (χ4n) is 0. The molecule has 0 aromatic rings. The second-order valence-electron chi connectivity index (χ2n) is 4.92. The Morgan fingerprint density at radius 2 is 0.0714 bits per heavy atom. The van der Waals surface area contributed by atoms with Crippen molar-refractivity contribution in [3.8, 4) is 0 Å². The van der Waals surface area contributed by atoms with Gasteiger partial charge in [-0.05, 0) is 0 Å². The molecule has 0 fully saturated rings. The Labute approximate surface area is 703 Å². The Balaban J connectivity index is -0.0000000154. The van der Waals surface area contributed by atoms with Crippen LogP contribution in [0.4, 0.5) is 0 Å². The van der Waals surface area contributed by atoms with Gasteiger partial charge in [0.15, 0.2) is 0 Å². The molecule has 0 saturated heterocycles. The minimum Gasteiger partial charge on any atom is -0.356 e. The van der Waals surface area contributed by atoms with Gasteiger partial charge in [0, 0.05) is 0 Å². The molecule has 0 rings (SSSR count). The van der Waals surface area contributed by atoms with Crippen LogP contribution in [0.25, 0.3) is 0 Å². The summed E-state index contributed by atoms with van der Waals surface area (Å²) in [5.74, 6) is 0. The first-order valence-electron chi connectivity index (χ1n) is 12.0. The summed E-state index contributed by atoms with van der Waals surface area (Å²) in [6.45, 7) is 0. The van der Waals surface area contributed by atoms with E-state index >= 15 is 0 Å². The normalized spacial score (nSPS) is 5.39. The maximum atomic E-state index is 8.25. The summed E-state index contributed by atoms with van der Waals surface area (Å²) < 4.78 is 0. The monoisotopic (exact) mass is 3450 g/mol. The van der Waals surface area contributed by atoms with Crippen molar-refractivity contribution in [1.82, 2.24) is 0 Å². The zero-order chi connectivity index (χ0) is 78.7. The molecule has 0 aliphatic carbocycles. The van der Waals surface area contributed by atoms with Gasteiger partial charge < -0.3 is 337 Å². The van der Waals surface area contributed by atoms with Crippen molar-refractivity contribution in [2.75, 3.05) is 0 Å². The van der Waals surface area contributed by atoms with Crippen LogP contribution in [0.5, 0.6) is 0 Å². The maximum Gasteiger partial charge on any atom is 3.00 e. The smallest absolute Gasteiger partial charge is 0.356 e. The minimum absolute atomic E-state index is 0. The molecule has 0 aliphatic heterocycles. The predicted molar refractivity (Wildman–Crippen MR) is 285 cm³/mol. The molecule has 0 spiro atoms. The second kappa shape index (κ2) is 205. The average Bonchev–Trinajstić information content (AvgIpc) is 3.06. The summed E-state index contributed by atoms with van der Waals surface area (Å²) in [6.07, 6.45) is 0. The van der Waals surface area contributed by atoms with Gasteiger partial charge in [0.25, 0.3) is 0 Å². The molecule has 0 heterocycles. The number of nitrogens with zero attached hydrogens (tertiary/aromatic N) is 22. The second-order valence-corrected chi connectivity index (χ2v) is 4.92. The molecule has 0 aromatic carbocycles. The summed E-state index contributed by atoms with van der Waals surface area (Å²) in [6, 6.07) is 0. The molecule has 548 valence electrons. The summed E-state index contributed by atoms with van der Waals surface area (Å²) in [5.41, 5.74) is 0. The molecular formula is Bi10N22O66+8. The molecule has 20 radical (unpaired) electrons. The van der Waals surface area contributed by atoms with Gasteiger partial charge in [0.2, 0.25) is 0 Å². The third kappa shape index (κ3) is 8440. The van der Waals surface area contributed by atoms with Crippen molar-refractivity contribution in [2.45, 2.75) is 0 Å². The van der Waals surface area contributed by atoms with Crippen LogP contribution in [0.15, 0.2) is 0 Å². The van der Waals surface area contributed by atoms with Gasteiger partial charge >= 0.3 is 262 Å². The molecule has 0 amide bonds. The van der Waals surface area contributed by atoms with E-state index in [1.54, 1.807) is 0 Å². The van der Waals surface area contributed by atoms with E-state index in [2.05, 4.69) is 0 Å². The van der Waals surface area contributed by atoms with Gasteiger partial charge in [-0.1, -0.05) is 0 Å². The van der Waals surface area contributed by atoms with Crippen molar-refractivity contribution in [3.05, 3.63) is 337 Å². The zero-order valence-electron chi connectivity index (χ0n) is 41.3. The quantitative estimate of drug-likeness (QED) is 0.123. The molecule has 0 atom stereocenters. The molecular weight excluding hydrogens is 3450 g/mol. The van der Waals surface area contributed by atoms with E-state index in [9.17, 15) is 0 Å². The molecule has 0 N–H and O–H groups in total. The summed E-state index contributed by atoms with van der Waals surface area (Å²) >= 11 is 0. The Hall–Kier alpha value is -8.77. The van der Waals surface area contributed by atoms with Gasteiger partial charge in [0.05, 0.1) is 112 Å². The van der Waals surface area contributed by atoms with Crippen molar-refractivity contribution < 1.29 is 112 Å². The zero-order valence-corrected chi connectivity index (χ0v) is 76.0. The molecule has 88 nitrogen and oxygen atoms in total. The number of rotatable bonds is 0. The SMILES string of the molecule is O=[N+]([O-])[O-].O=[N+]([O-])[O-].O=[N+]([O-])[O-].O=[N+]([O-])[O-].O=[N+]([O-])[O-].O=[N+]([O-])[O-].O=[N+]([O-])[O-].O=[N+]([O-])[O-].O=[N+]([O-])[O-].O=[N+]([O-])[O-].O=[N+]([O-])[O-].O=[N+]([O-])[O-].O=[N+]([O-])[O-].O=[N+]([O-])[O-].O=[N+]([O-])[O-].O=[N+]([O-])[O-].O=[N+]([O-])[O-].O=[N+]([O-])[O-].O=[N+]([O-])[O-].O=[N+]([O-])[O-].O=[N+]([O-])[O-].O=[N+]([O-])[O-].[Bi+3].[Bi+3].[Bi+3].[Bi+3].[Bi+3].[Bi+3].[Bi+3].[Bi+3].[Bi+3].[Bi+3]. The van der Waals surface area contributed by atoms with Crippen LogP contribution in [0.2, 0.25) is 0 Å². The van der Waals surface area contributed by atoms with Gasteiger partial charge in [-0.25, -0.2) is 0 Å². The molecule has 98 heavy (non-hydrogen) atoms. The molecule has 98 heteroatoms. The fourth-order valence-corrected chi connectivity index (χ4v) is 0. The summed E-state index contributed by atoms with van der Waals surface area (Å²) in [5, 5.41) is 324. The minimum atomic E-state index is -1.75. The molecule has 0 unspecified atom stereocenters. The van der Waals surface area contributed by atoms with E-state index in [4.69, 9.17) is 337 Å². The van der Waals surface area contributed by atoms with Crippen LogP contribution < -0.4 is 0 Å². The Morgan fingerprint density at radius 1 is 0.0714 bits per heavy atom. The van der Waals surface area contributed by atoms with Gasteiger partial charge in [-0.2, -0.15) is 0 Å². The van der Waals surface area contributed by atoms with Crippen LogP contribution >= 0.6 is 0 Å². The van der Waals surface area contributed by atoms with Crippen LogP contribution in [-0.2, 0) is 0 Å². The van der Waals surface area contributed by atoms with Crippen LogP contribution in [0, 0.1) is 337 Å². The van der Waals surface area contributed by atoms with Crippen molar-refractivity contribution >= 4 is 262 Å². The van der Waals surface area contributed by atoms with Crippen molar-refractivity contribution in [1.29, 1.82) is 0 Å². The third-order valence-corrected chi connectivity index (χ3v) is 0.